The van der Waals surface area contributed by atoms with E-state index in [1.807, 2.05) is 0 Å². The number of unbranched alkanes of at least 4 members (excludes halogenated alkanes) is 2. The standard InChI is InChI=1S/C17H21F5N2.ClH/c1-2-3-4-5-6-11(24-9-7-23-8-10-24)12-13(18)15(20)17(22)16(21)14(12)19;/h2,11,23H,1,3-10H2;1H/t11-;/m0./s1. The van der Waals surface area contributed by atoms with Crippen molar-refractivity contribution in [2.75, 3.05) is 26.2 Å². The molecule has 1 aliphatic heterocycles. The topological polar surface area (TPSA) is 15.3 Å². The molecule has 2 nitrogen and oxygen atoms in total. The molecule has 0 radical (unpaired) electrons. The zero-order valence-electron chi connectivity index (χ0n) is 13.8. The van der Waals surface area contributed by atoms with Crippen molar-refractivity contribution < 1.29 is 22.0 Å². The van der Waals surface area contributed by atoms with Gasteiger partial charge in [0.2, 0.25) is 5.82 Å². The number of allylic oxidation sites excluding steroid dienone is 1. The molecule has 2 rings (SSSR count). The van der Waals surface area contributed by atoms with E-state index in [2.05, 4.69) is 11.9 Å². The lowest BCUT2D eigenvalue weighted by Gasteiger charge is -2.35. The molecule has 0 spiro atoms. The highest BCUT2D eigenvalue weighted by Crippen LogP contribution is 2.34. The Morgan fingerprint density at radius 2 is 1.44 bits per heavy atom. The summed E-state index contributed by atoms with van der Waals surface area (Å²) in [7, 11) is 0. The Labute approximate surface area is 150 Å². The van der Waals surface area contributed by atoms with Crippen molar-refractivity contribution >= 4 is 12.4 Å². The fourth-order valence-corrected chi connectivity index (χ4v) is 3.04. The summed E-state index contributed by atoms with van der Waals surface area (Å²) in [4.78, 5) is 1.78. The van der Waals surface area contributed by atoms with Gasteiger partial charge in [-0.15, -0.1) is 19.0 Å². The second-order valence-electron chi connectivity index (χ2n) is 5.86. The van der Waals surface area contributed by atoms with E-state index in [1.165, 1.54) is 0 Å². The van der Waals surface area contributed by atoms with Gasteiger partial charge in [-0.3, -0.25) is 4.90 Å². The van der Waals surface area contributed by atoms with Crippen LogP contribution in [-0.4, -0.2) is 31.1 Å². The number of piperazine rings is 1. The first kappa shape index (κ1) is 21.9. The third kappa shape index (κ3) is 4.92. The highest BCUT2D eigenvalue weighted by molar-refractivity contribution is 5.85. The van der Waals surface area contributed by atoms with Crippen LogP contribution >= 0.6 is 12.4 Å². The molecule has 0 aromatic heterocycles. The Kier molecular flexibility index (Phi) is 8.82. The second kappa shape index (κ2) is 10.1. The molecule has 0 saturated carbocycles. The van der Waals surface area contributed by atoms with Crippen LogP contribution in [0.15, 0.2) is 12.7 Å². The molecule has 142 valence electrons. The number of hydrogen-bond donors (Lipinski definition) is 1. The summed E-state index contributed by atoms with van der Waals surface area (Å²) in [6.45, 7) is 5.81. The third-order valence-electron chi connectivity index (χ3n) is 4.31. The Balaban J connectivity index is 0.00000312. The molecule has 0 aliphatic carbocycles. The van der Waals surface area contributed by atoms with Gasteiger partial charge in [-0.2, -0.15) is 0 Å². The molecular formula is C17H22ClF5N2. The van der Waals surface area contributed by atoms with Crippen LogP contribution < -0.4 is 5.32 Å². The van der Waals surface area contributed by atoms with Gasteiger partial charge in [0.05, 0.1) is 0 Å². The van der Waals surface area contributed by atoms with Gasteiger partial charge < -0.3 is 5.32 Å². The smallest absolute Gasteiger partial charge is 0.200 e. The fraction of sp³-hybridized carbons (Fsp3) is 0.529. The van der Waals surface area contributed by atoms with E-state index in [-0.39, 0.29) is 12.4 Å². The summed E-state index contributed by atoms with van der Waals surface area (Å²) in [6.07, 6.45) is 4.16. The van der Waals surface area contributed by atoms with Gasteiger partial charge in [-0.05, 0) is 19.3 Å². The van der Waals surface area contributed by atoms with Gasteiger partial charge in [0.15, 0.2) is 23.3 Å². The van der Waals surface area contributed by atoms with E-state index < -0.39 is 40.7 Å². The largest absolute Gasteiger partial charge is 0.314 e. The molecule has 0 unspecified atom stereocenters. The van der Waals surface area contributed by atoms with Crippen LogP contribution in [0.5, 0.6) is 0 Å². The highest BCUT2D eigenvalue weighted by Gasteiger charge is 2.33. The van der Waals surface area contributed by atoms with Gasteiger partial charge >= 0.3 is 0 Å². The van der Waals surface area contributed by atoms with Crippen molar-refractivity contribution in [1.29, 1.82) is 0 Å². The summed E-state index contributed by atoms with van der Waals surface area (Å²) in [5.41, 5.74) is -0.716. The first-order valence-electron chi connectivity index (χ1n) is 8.06. The fourth-order valence-electron chi connectivity index (χ4n) is 3.04. The van der Waals surface area contributed by atoms with Gasteiger partial charge in [0.25, 0.3) is 0 Å². The summed E-state index contributed by atoms with van der Waals surface area (Å²) in [5.74, 6) is -9.32. The van der Waals surface area contributed by atoms with Crippen LogP contribution in [-0.2, 0) is 0 Å². The minimum Gasteiger partial charge on any atom is -0.314 e. The van der Waals surface area contributed by atoms with Crippen LogP contribution in [0.2, 0.25) is 0 Å². The van der Waals surface area contributed by atoms with E-state index in [9.17, 15) is 22.0 Å². The highest BCUT2D eigenvalue weighted by atomic mass is 35.5. The minimum absolute atomic E-state index is 0. The molecule has 0 amide bonds. The average molecular weight is 385 g/mol. The summed E-state index contributed by atoms with van der Waals surface area (Å²) >= 11 is 0. The van der Waals surface area contributed by atoms with Crippen molar-refractivity contribution in [3.63, 3.8) is 0 Å². The van der Waals surface area contributed by atoms with Crippen LogP contribution in [0.25, 0.3) is 0 Å². The van der Waals surface area contributed by atoms with Crippen molar-refractivity contribution in [3.05, 3.63) is 47.3 Å². The lowest BCUT2D eigenvalue weighted by molar-refractivity contribution is 0.153. The Morgan fingerprint density at radius 3 is 1.96 bits per heavy atom. The Hall–Kier alpha value is -1.18. The Bertz CT molecular complexity index is 562. The maximum Gasteiger partial charge on any atom is 0.200 e. The maximum absolute atomic E-state index is 14.2. The van der Waals surface area contributed by atoms with Crippen LogP contribution in [0.1, 0.15) is 37.3 Å². The summed E-state index contributed by atoms with van der Waals surface area (Å²) < 4.78 is 68.8. The first-order chi connectivity index (χ1) is 11.5. The van der Waals surface area contributed by atoms with Gasteiger partial charge in [0.1, 0.15) is 0 Å². The van der Waals surface area contributed by atoms with Crippen LogP contribution in [0.4, 0.5) is 22.0 Å². The molecule has 1 aromatic carbocycles. The molecular weight excluding hydrogens is 363 g/mol. The predicted molar refractivity (Wildman–Crippen MR) is 89.3 cm³/mol. The number of rotatable bonds is 7. The molecule has 1 aromatic rings. The second-order valence-corrected chi connectivity index (χ2v) is 5.86. The minimum atomic E-state index is -2.11. The molecule has 1 aliphatic rings. The number of nitrogens with one attached hydrogen (secondary N) is 1. The number of hydrogen-bond acceptors (Lipinski definition) is 2. The molecule has 25 heavy (non-hydrogen) atoms. The van der Waals surface area contributed by atoms with Gasteiger partial charge in [-0.1, -0.05) is 12.5 Å². The molecule has 1 atom stereocenters. The van der Waals surface area contributed by atoms with Crippen molar-refractivity contribution in [1.82, 2.24) is 10.2 Å². The lowest BCUT2D eigenvalue weighted by Crippen LogP contribution is -2.45. The van der Waals surface area contributed by atoms with Crippen LogP contribution in [0, 0.1) is 29.1 Å². The zero-order valence-corrected chi connectivity index (χ0v) is 14.6. The van der Waals surface area contributed by atoms with E-state index in [0.29, 0.717) is 39.0 Å². The van der Waals surface area contributed by atoms with Gasteiger partial charge in [0, 0.05) is 37.8 Å². The van der Waals surface area contributed by atoms with E-state index >= 15 is 0 Å². The van der Waals surface area contributed by atoms with Crippen LogP contribution in [0.3, 0.4) is 0 Å². The molecule has 1 N–H and O–H groups in total. The molecule has 1 saturated heterocycles. The monoisotopic (exact) mass is 384 g/mol. The number of benzene rings is 1. The zero-order chi connectivity index (χ0) is 17.7. The lowest BCUT2D eigenvalue weighted by atomic mass is 9.96. The van der Waals surface area contributed by atoms with E-state index in [4.69, 9.17) is 0 Å². The maximum atomic E-state index is 14.2. The molecule has 1 fully saturated rings. The summed E-state index contributed by atoms with van der Waals surface area (Å²) in [6, 6.07) is -0.832. The molecule has 0 bridgehead atoms. The summed E-state index contributed by atoms with van der Waals surface area (Å²) in [5, 5.41) is 3.11. The quantitative estimate of drug-likeness (QED) is 0.245. The third-order valence-corrected chi connectivity index (χ3v) is 4.31. The predicted octanol–water partition coefficient (Wildman–Crippen LogP) is 4.50. The number of halogens is 6. The average Bonchev–Trinajstić information content (AvgIpc) is 2.61. The SMILES string of the molecule is C=CCCCC[C@@H](c1c(F)c(F)c(F)c(F)c1F)N1CCNCC1.Cl. The van der Waals surface area contributed by atoms with E-state index in [1.54, 1.807) is 11.0 Å². The van der Waals surface area contributed by atoms with Crippen molar-refractivity contribution in [2.24, 2.45) is 0 Å². The first-order valence-corrected chi connectivity index (χ1v) is 8.06. The van der Waals surface area contributed by atoms with Crippen molar-refractivity contribution in [2.45, 2.75) is 31.7 Å². The van der Waals surface area contributed by atoms with Crippen molar-refractivity contribution in [3.8, 4) is 0 Å². The Morgan fingerprint density at radius 1 is 0.920 bits per heavy atom. The molecule has 8 heteroatoms. The molecule has 1 heterocycles. The number of nitrogens with zero attached hydrogens (tertiary/aromatic N) is 1. The normalized spacial score (nSPS) is 16.4. The van der Waals surface area contributed by atoms with E-state index in [0.717, 1.165) is 12.8 Å². The van der Waals surface area contributed by atoms with Gasteiger partial charge in [-0.25, -0.2) is 22.0 Å².